The van der Waals surface area contributed by atoms with Crippen LogP contribution in [-0.4, -0.2) is 0 Å². The SMILES string of the molecule is Cc1cc(C)cc(-c2ccc3c(Cl)cc(Cl)cc3[n+]2[O-])c1. The van der Waals surface area contributed by atoms with Crippen LogP contribution in [-0.2, 0) is 0 Å². The number of pyridine rings is 1. The maximum absolute atomic E-state index is 12.7. The molecule has 0 radical (unpaired) electrons. The van der Waals surface area contributed by atoms with Crippen molar-refractivity contribution in [1.29, 1.82) is 0 Å². The maximum Gasteiger partial charge on any atom is 0.227 e. The van der Waals surface area contributed by atoms with Gasteiger partial charge in [-0.25, -0.2) is 0 Å². The molecule has 0 unspecified atom stereocenters. The first-order valence-electron chi connectivity index (χ1n) is 6.56. The molecule has 0 atom stereocenters. The van der Waals surface area contributed by atoms with E-state index in [2.05, 4.69) is 6.07 Å². The minimum absolute atomic E-state index is 0.453. The molecule has 21 heavy (non-hydrogen) atoms. The van der Waals surface area contributed by atoms with Gasteiger partial charge in [-0.05, 0) is 38.1 Å². The van der Waals surface area contributed by atoms with E-state index in [-0.39, 0.29) is 0 Å². The first-order valence-corrected chi connectivity index (χ1v) is 7.31. The predicted octanol–water partition coefficient (Wildman–Crippen LogP) is 5.06. The highest BCUT2D eigenvalue weighted by Gasteiger charge is 2.16. The molecule has 0 saturated carbocycles. The van der Waals surface area contributed by atoms with E-state index in [9.17, 15) is 5.21 Å². The van der Waals surface area contributed by atoms with Crippen LogP contribution in [0.5, 0.6) is 0 Å². The number of halogens is 2. The molecule has 2 aromatic carbocycles. The number of hydrogen-bond acceptors (Lipinski definition) is 1. The van der Waals surface area contributed by atoms with Crippen molar-refractivity contribution in [1.82, 2.24) is 0 Å². The Balaban J connectivity index is 2.31. The molecular formula is C17H13Cl2NO. The van der Waals surface area contributed by atoms with E-state index in [1.165, 1.54) is 0 Å². The van der Waals surface area contributed by atoms with Crippen LogP contribution in [0, 0.1) is 19.1 Å². The van der Waals surface area contributed by atoms with E-state index in [0.29, 0.717) is 26.6 Å². The van der Waals surface area contributed by atoms with E-state index in [0.717, 1.165) is 21.4 Å². The Bertz CT molecular complexity index is 839. The van der Waals surface area contributed by atoms with Crippen molar-refractivity contribution in [2.45, 2.75) is 13.8 Å². The summed E-state index contributed by atoms with van der Waals surface area (Å²) in [6.45, 7) is 4.03. The lowest BCUT2D eigenvalue weighted by atomic mass is 10.0. The van der Waals surface area contributed by atoms with E-state index in [1.807, 2.05) is 32.0 Å². The molecule has 0 aliphatic carbocycles. The number of nitrogens with zero attached hydrogens (tertiary/aromatic N) is 1. The molecule has 0 aliphatic rings. The van der Waals surface area contributed by atoms with E-state index in [4.69, 9.17) is 23.2 Å². The number of hydrogen-bond donors (Lipinski definition) is 0. The highest BCUT2D eigenvalue weighted by Crippen LogP contribution is 2.28. The zero-order valence-electron chi connectivity index (χ0n) is 11.7. The normalized spacial score (nSPS) is 11.0. The Morgan fingerprint density at radius 1 is 0.905 bits per heavy atom. The van der Waals surface area contributed by atoms with Gasteiger partial charge in [-0.1, -0.05) is 40.4 Å². The first kappa shape index (κ1) is 14.2. The van der Waals surface area contributed by atoms with Crippen LogP contribution in [0.2, 0.25) is 10.0 Å². The Kier molecular flexibility index (Phi) is 3.52. The van der Waals surface area contributed by atoms with Gasteiger partial charge in [0.2, 0.25) is 11.2 Å². The van der Waals surface area contributed by atoms with Gasteiger partial charge in [-0.2, -0.15) is 4.73 Å². The van der Waals surface area contributed by atoms with Gasteiger partial charge in [0.25, 0.3) is 0 Å². The average molecular weight is 318 g/mol. The standard InChI is InChI=1S/C17H13Cl2NO/c1-10-5-11(2)7-12(6-10)16-4-3-14-15(19)8-13(18)9-17(14)20(16)21/h3-9H,1-2H3. The number of aryl methyl sites for hydroxylation is 2. The minimum atomic E-state index is 0.453. The molecule has 0 N–H and O–H groups in total. The Hall–Kier alpha value is -1.77. The zero-order chi connectivity index (χ0) is 15.1. The molecule has 0 bridgehead atoms. The second-order valence-electron chi connectivity index (χ2n) is 5.21. The summed E-state index contributed by atoms with van der Waals surface area (Å²) in [5, 5.41) is 14.3. The molecule has 1 heterocycles. The summed E-state index contributed by atoms with van der Waals surface area (Å²) in [6, 6.07) is 13.0. The zero-order valence-corrected chi connectivity index (χ0v) is 13.2. The molecule has 2 nitrogen and oxygen atoms in total. The summed E-state index contributed by atoms with van der Waals surface area (Å²) < 4.78 is 0.890. The topological polar surface area (TPSA) is 26.9 Å². The lowest BCUT2D eigenvalue weighted by Gasteiger charge is -2.10. The Labute approximate surface area is 133 Å². The highest BCUT2D eigenvalue weighted by molar-refractivity contribution is 6.38. The molecule has 0 saturated heterocycles. The third-order valence-corrected chi connectivity index (χ3v) is 3.97. The van der Waals surface area contributed by atoms with Crippen LogP contribution in [0.4, 0.5) is 0 Å². The van der Waals surface area contributed by atoms with Gasteiger partial charge >= 0.3 is 0 Å². The third kappa shape index (κ3) is 2.57. The van der Waals surface area contributed by atoms with Gasteiger partial charge < -0.3 is 5.21 Å². The number of fused-ring (bicyclic) bond motifs is 1. The molecular weight excluding hydrogens is 305 g/mol. The molecule has 3 rings (SSSR count). The van der Waals surface area contributed by atoms with E-state index in [1.54, 1.807) is 18.2 Å². The van der Waals surface area contributed by atoms with Crippen molar-refractivity contribution in [3.63, 3.8) is 0 Å². The third-order valence-electron chi connectivity index (χ3n) is 3.44. The molecule has 4 heteroatoms. The molecule has 3 aromatic rings. The lowest BCUT2D eigenvalue weighted by molar-refractivity contribution is -0.565. The van der Waals surface area contributed by atoms with Gasteiger partial charge in [-0.15, -0.1) is 0 Å². The molecule has 0 amide bonds. The van der Waals surface area contributed by atoms with Gasteiger partial charge in [0.15, 0.2) is 0 Å². The lowest BCUT2D eigenvalue weighted by Crippen LogP contribution is -2.30. The monoisotopic (exact) mass is 317 g/mol. The molecule has 0 aliphatic heterocycles. The molecule has 1 aromatic heterocycles. The second kappa shape index (κ2) is 5.21. The summed E-state index contributed by atoms with van der Waals surface area (Å²) in [7, 11) is 0. The van der Waals surface area contributed by atoms with Crippen LogP contribution < -0.4 is 4.73 Å². The van der Waals surface area contributed by atoms with Gasteiger partial charge in [-0.3, -0.25) is 0 Å². The molecule has 0 spiro atoms. The van der Waals surface area contributed by atoms with Crippen LogP contribution in [0.15, 0.2) is 42.5 Å². The highest BCUT2D eigenvalue weighted by atomic mass is 35.5. The Morgan fingerprint density at radius 3 is 2.24 bits per heavy atom. The average Bonchev–Trinajstić information content (AvgIpc) is 2.38. The van der Waals surface area contributed by atoms with Gasteiger partial charge in [0.05, 0.1) is 10.4 Å². The van der Waals surface area contributed by atoms with E-state index >= 15 is 0 Å². The van der Waals surface area contributed by atoms with Gasteiger partial charge in [0.1, 0.15) is 0 Å². The van der Waals surface area contributed by atoms with Crippen LogP contribution in [0.25, 0.3) is 22.2 Å². The van der Waals surface area contributed by atoms with Crippen molar-refractivity contribution >= 4 is 34.1 Å². The van der Waals surface area contributed by atoms with Crippen molar-refractivity contribution in [2.24, 2.45) is 0 Å². The first-order chi connectivity index (χ1) is 9.95. The van der Waals surface area contributed by atoms with Crippen LogP contribution in [0.1, 0.15) is 11.1 Å². The summed E-state index contributed by atoms with van der Waals surface area (Å²) in [6.07, 6.45) is 0. The summed E-state index contributed by atoms with van der Waals surface area (Å²) in [5.41, 5.74) is 4.20. The fourth-order valence-electron chi connectivity index (χ4n) is 2.60. The second-order valence-corrected chi connectivity index (χ2v) is 6.05. The summed E-state index contributed by atoms with van der Waals surface area (Å²) in [5.74, 6) is 0. The minimum Gasteiger partial charge on any atom is -0.618 e. The quantitative estimate of drug-likeness (QED) is 0.455. The number of benzene rings is 2. The van der Waals surface area contributed by atoms with Crippen molar-refractivity contribution in [3.05, 3.63) is 68.8 Å². The van der Waals surface area contributed by atoms with E-state index < -0.39 is 0 Å². The summed E-state index contributed by atoms with van der Waals surface area (Å²) in [4.78, 5) is 0. The molecule has 106 valence electrons. The molecule has 0 fully saturated rings. The maximum atomic E-state index is 12.7. The van der Waals surface area contributed by atoms with Crippen molar-refractivity contribution < 1.29 is 4.73 Å². The smallest absolute Gasteiger partial charge is 0.227 e. The van der Waals surface area contributed by atoms with Crippen molar-refractivity contribution in [3.8, 4) is 11.3 Å². The van der Waals surface area contributed by atoms with Crippen molar-refractivity contribution in [2.75, 3.05) is 0 Å². The van der Waals surface area contributed by atoms with Crippen LogP contribution in [0.3, 0.4) is 0 Å². The summed E-state index contributed by atoms with van der Waals surface area (Å²) >= 11 is 12.2. The fourth-order valence-corrected chi connectivity index (χ4v) is 3.15. The predicted molar refractivity (Wildman–Crippen MR) is 87.8 cm³/mol. The van der Waals surface area contributed by atoms with Gasteiger partial charge in [0, 0.05) is 22.7 Å². The fraction of sp³-hybridized carbons (Fsp3) is 0.118. The number of aromatic nitrogens is 1. The largest absolute Gasteiger partial charge is 0.618 e. The van der Waals surface area contributed by atoms with Crippen LogP contribution >= 0.6 is 23.2 Å². The number of rotatable bonds is 1. The Morgan fingerprint density at radius 2 is 1.57 bits per heavy atom.